The van der Waals surface area contributed by atoms with Gasteiger partial charge < -0.3 is 5.73 Å². The first-order valence-electron chi connectivity index (χ1n) is 2.90. The van der Waals surface area contributed by atoms with E-state index in [1.165, 1.54) is 0 Å². The lowest BCUT2D eigenvalue weighted by atomic mass is 10.2. The van der Waals surface area contributed by atoms with Crippen LogP contribution in [0.15, 0.2) is 22.7 Å². The second-order valence-electron chi connectivity index (χ2n) is 2.04. The van der Waals surface area contributed by atoms with E-state index < -0.39 is 0 Å². The fourth-order valence-corrected chi connectivity index (χ4v) is 1.09. The van der Waals surface area contributed by atoms with Gasteiger partial charge in [0.1, 0.15) is 5.84 Å². The van der Waals surface area contributed by atoms with E-state index in [9.17, 15) is 0 Å². The molecule has 0 saturated heterocycles. The minimum Gasteiger partial charge on any atom is -0.384 e. The molecule has 12 heavy (non-hydrogen) atoms. The van der Waals surface area contributed by atoms with Crippen molar-refractivity contribution >= 4 is 45.8 Å². The van der Waals surface area contributed by atoms with Gasteiger partial charge in [-0.15, -0.1) is 12.4 Å². The lowest BCUT2D eigenvalue weighted by molar-refractivity contribution is 1.42. The molecule has 0 unspecified atom stereocenters. The van der Waals surface area contributed by atoms with Crippen molar-refractivity contribution in [3.63, 3.8) is 0 Å². The van der Waals surface area contributed by atoms with Crippen molar-refractivity contribution in [2.24, 2.45) is 5.73 Å². The monoisotopic (exact) mass is 268 g/mol. The largest absolute Gasteiger partial charge is 0.384 e. The van der Waals surface area contributed by atoms with Crippen molar-refractivity contribution in [2.45, 2.75) is 0 Å². The molecule has 66 valence electrons. The topological polar surface area (TPSA) is 49.9 Å². The number of nitrogen functional groups attached to an aromatic ring is 1. The van der Waals surface area contributed by atoms with E-state index in [-0.39, 0.29) is 18.2 Å². The third-order valence-corrected chi connectivity index (χ3v) is 2.46. The molecule has 1 aromatic carbocycles. The Balaban J connectivity index is 0.00000121. The maximum Gasteiger partial charge on any atom is 0.122 e. The summed E-state index contributed by atoms with van der Waals surface area (Å²) >= 11 is 8.99. The van der Waals surface area contributed by atoms with Crippen LogP contribution in [0.2, 0.25) is 5.02 Å². The number of hydrogen-bond acceptors (Lipinski definition) is 1. The Morgan fingerprint density at radius 2 is 2.08 bits per heavy atom. The second kappa shape index (κ2) is 4.70. The molecule has 0 radical (unpaired) electrons. The highest BCUT2D eigenvalue weighted by Crippen LogP contribution is 2.22. The van der Waals surface area contributed by atoms with Crippen LogP contribution in [0.1, 0.15) is 5.56 Å². The molecule has 0 bridgehead atoms. The number of hydrogen-bond donors (Lipinski definition) is 2. The van der Waals surface area contributed by atoms with E-state index in [2.05, 4.69) is 15.9 Å². The minimum absolute atomic E-state index is 0. The smallest absolute Gasteiger partial charge is 0.122 e. The highest BCUT2D eigenvalue weighted by Gasteiger charge is 1.99. The maximum atomic E-state index is 7.11. The van der Waals surface area contributed by atoms with Crippen molar-refractivity contribution in [3.8, 4) is 0 Å². The zero-order valence-corrected chi connectivity index (χ0v) is 9.13. The summed E-state index contributed by atoms with van der Waals surface area (Å²) in [6.07, 6.45) is 0. The summed E-state index contributed by atoms with van der Waals surface area (Å²) in [5.41, 5.74) is 5.88. The first kappa shape index (κ1) is 11.8. The van der Waals surface area contributed by atoms with Gasteiger partial charge in [-0.2, -0.15) is 0 Å². The number of amidine groups is 1. The summed E-state index contributed by atoms with van der Waals surface area (Å²) in [7, 11) is 0. The van der Waals surface area contributed by atoms with E-state index in [1.54, 1.807) is 18.2 Å². The Hall–Kier alpha value is -0.250. The summed E-state index contributed by atoms with van der Waals surface area (Å²) < 4.78 is 0.809. The summed E-state index contributed by atoms with van der Waals surface area (Å²) in [6, 6.07) is 5.14. The van der Waals surface area contributed by atoms with Gasteiger partial charge in [-0.1, -0.05) is 17.7 Å². The van der Waals surface area contributed by atoms with Gasteiger partial charge in [-0.3, -0.25) is 5.41 Å². The fourth-order valence-electron chi connectivity index (χ4n) is 0.664. The van der Waals surface area contributed by atoms with E-state index in [0.29, 0.717) is 10.6 Å². The van der Waals surface area contributed by atoms with Crippen molar-refractivity contribution < 1.29 is 0 Å². The third kappa shape index (κ3) is 2.66. The number of nitrogens with two attached hydrogens (primary N) is 1. The molecule has 0 aliphatic carbocycles. The molecule has 0 fully saturated rings. The minimum atomic E-state index is 0. The molecular weight excluding hydrogens is 263 g/mol. The van der Waals surface area contributed by atoms with Gasteiger partial charge >= 0.3 is 0 Å². The maximum absolute atomic E-state index is 7.11. The third-order valence-electron chi connectivity index (χ3n) is 1.23. The van der Waals surface area contributed by atoms with Crippen LogP contribution in [0.4, 0.5) is 0 Å². The molecule has 5 heteroatoms. The van der Waals surface area contributed by atoms with E-state index in [0.717, 1.165) is 4.47 Å². The van der Waals surface area contributed by atoms with Crippen molar-refractivity contribution in [1.29, 1.82) is 5.41 Å². The summed E-state index contributed by atoms with van der Waals surface area (Å²) in [5, 5.41) is 7.67. The van der Waals surface area contributed by atoms with Crippen molar-refractivity contribution in [3.05, 3.63) is 33.3 Å². The Morgan fingerprint density at radius 3 is 2.50 bits per heavy atom. The van der Waals surface area contributed by atoms with Gasteiger partial charge in [-0.05, 0) is 28.1 Å². The SMILES string of the molecule is Cl.N=C(N)c1ccc(Br)c(Cl)c1. The van der Waals surface area contributed by atoms with Crippen LogP contribution in [-0.2, 0) is 0 Å². The number of halogens is 3. The molecule has 3 N–H and O–H groups in total. The molecule has 0 spiro atoms. The van der Waals surface area contributed by atoms with Gasteiger partial charge in [0.2, 0.25) is 0 Å². The molecule has 0 heterocycles. The lowest BCUT2D eigenvalue weighted by Gasteiger charge is -1.99. The molecule has 2 nitrogen and oxygen atoms in total. The predicted molar refractivity (Wildman–Crippen MR) is 57.4 cm³/mol. The summed E-state index contributed by atoms with van der Waals surface area (Å²) in [6.45, 7) is 0. The Morgan fingerprint density at radius 1 is 1.50 bits per heavy atom. The van der Waals surface area contributed by atoms with Gasteiger partial charge in [0, 0.05) is 10.0 Å². The lowest BCUT2D eigenvalue weighted by Crippen LogP contribution is -2.10. The average molecular weight is 270 g/mol. The van der Waals surface area contributed by atoms with E-state index in [1.807, 2.05) is 0 Å². The molecule has 0 aliphatic rings. The van der Waals surface area contributed by atoms with Crippen LogP contribution in [-0.4, -0.2) is 5.84 Å². The highest BCUT2D eigenvalue weighted by molar-refractivity contribution is 9.10. The zero-order valence-electron chi connectivity index (χ0n) is 5.97. The molecule has 0 atom stereocenters. The summed E-state index contributed by atoms with van der Waals surface area (Å²) in [4.78, 5) is 0. The van der Waals surface area contributed by atoms with Crippen LogP contribution in [0.3, 0.4) is 0 Å². The quantitative estimate of drug-likeness (QED) is 0.598. The molecule has 1 aromatic rings. The van der Waals surface area contributed by atoms with E-state index in [4.69, 9.17) is 22.7 Å². The normalized spacial score (nSPS) is 8.83. The van der Waals surface area contributed by atoms with Gasteiger partial charge in [-0.25, -0.2) is 0 Å². The van der Waals surface area contributed by atoms with Crippen LogP contribution in [0, 0.1) is 5.41 Å². The first-order valence-corrected chi connectivity index (χ1v) is 4.08. The highest BCUT2D eigenvalue weighted by atomic mass is 79.9. The number of nitrogens with one attached hydrogen (secondary N) is 1. The van der Waals surface area contributed by atoms with Crippen LogP contribution < -0.4 is 5.73 Å². The van der Waals surface area contributed by atoms with Crippen LogP contribution in [0.5, 0.6) is 0 Å². The van der Waals surface area contributed by atoms with Crippen molar-refractivity contribution in [2.75, 3.05) is 0 Å². The van der Waals surface area contributed by atoms with Crippen LogP contribution in [0.25, 0.3) is 0 Å². The zero-order chi connectivity index (χ0) is 8.43. The number of benzene rings is 1. The first-order chi connectivity index (χ1) is 5.11. The molecule has 0 aromatic heterocycles. The van der Waals surface area contributed by atoms with Crippen molar-refractivity contribution in [1.82, 2.24) is 0 Å². The van der Waals surface area contributed by atoms with Gasteiger partial charge in [0.25, 0.3) is 0 Å². The molecule has 0 saturated carbocycles. The fraction of sp³-hybridized carbons (Fsp3) is 0. The van der Waals surface area contributed by atoms with Gasteiger partial charge in [0.15, 0.2) is 0 Å². The predicted octanol–water partition coefficient (Wildman–Crippen LogP) is 2.81. The standard InChI is InChI=1S/C7H6BrClN2.ClH/c8-5-2-1-4(7(10)11)3-6(5)9;/h1-3H,(H3,10,11);1H. The summed E-state index contributed by atoms with van der Waals surface area (Å²) in [5.74, 6) is 0.0272. The average Bonchev–Trinajstić information content (AvgIpc) is 1.94. The van der Waals surface area contributed by atoms with Crippen LogP contribution >= 0.6 is 39.9 Å². The Kier molecular flexibility index (Phi) is 4.60. The Labute approximate surface area is 90.1 Å². The van der Waals surface area contributed by atoms with E-state index >= 15 is 0 Å². The number of rotatable bonds is 1. The Bertz CT molecular complexity index is 301. The molecular formula is C7H7BrCl2N2. The molecule has 1 rings (SSSR count). The molecule has 0 amide bonds. The van der Waals surface area contributed by atoms with Gasteiger partial charge in [0.05, 0.1) is 5.02 Å². The molecule has 0 aliphatic heterocycles. The second-order valence-corrected chi connectivity index (χ2v) is 3.30.